The summed E-state index contributed by atoms with van der Waals surface area (Å²) in [6.07, 6.45) is 6.59. The number of ether oxygens (including phenoxy) is 2. The van der Waals surface area contributed by atoms with E-state index in [1.54, 1.807) is 37.4 Å². The Labute approximate surface area is 182 Å². The fourth-order valence-corrected chi connectivity index (χ4v) is 5.54. The Kier molecular flexibility index (Phi) is 6.69. The van der Waals surface area contributed by atoms with Gasteiger partial charge in [0, 0.05) is 17.8 Å². The van der Waals surface area contributed by atoms with E-state index < -0.39 is 41.0 Å². The van der Waals surface area contributed by atoms with Gasteiger partial charge < -0.3 is 19.3 Å². The van der Waals surface area contributed by atoms with Crippen molar-refractivity contribution in [2.24, 2.45) is 10.4 Å². The van der Waals surface area contributed by atoms with Crippen LogP contribution < -0.4 is 0 Å². The Morgan fingerprint density at radius 3 is 2.40 bits per heavy atom. The maximum Gasteiger partial charge on any atom is 0.333 e. The molecule has 1 unspecified atom stereocenters. The monoisotopic (exact) mass is 439 g/mol. The molecule has 0 spiro atoms. The highest BCUT2D eigenvalue weighted by molar-refractivity contribution is 8.01. The molecule has 1 amide bonds. The van der Waals surface area contributed by atoms with Crippen molar-refractivity contribution in [3.8, 4) is 0 Å². The van der Waals surface area contributed by atoms with Gasteiger partial charge in [0.05, 0.1) is 11.8 Å². The Morgan fingerprint density at radius 1 is 1.17 bits per heavy atom. The van der Waals surface area contributed by atoms with Crippen LogP contribution in [0.1, 0.15) is 60.3 Å². The molecule has 8 nitrogen and oxygen atoms in total. The van der Waals surface area contributed by atoms with Crippen molar-refractivity contribution in [2.45, 2.75) is 82.5 Å². The zero-order valence-electron chi connectivity index (χ0n) is 18.6. The fourth-order valence-electron chi connectivity index (χ4n) is 3.92. The van der Waals surface area contributed by atoms with Gasteiger partial charge in [0.15, 0.2) is 6.04 Å². The molecular formula is C21H33N3O5S. The lowest BCUT2D eigenvalue weighted by Gasteiger charge is -2.41. The number of amides is 1. The molecule has 168 valence electrons. The molecule has 0 aromatic heterocycles. The van der Waals surface area contributed by atoms with Gasteiger partial charge in [0.2, 0.25) is 6.79 Å². The average molecular weight is 440 g/mol. The molecule has 0 aliphatic carbocycles. The largest absolute Gasteiger partial charge is 0.427 e. The first-order chi connectivity index (χ1) is 14.0. The summed E-state index contributed by atoms with van der Waals surface area (Å²) in [7, 11) is 0. The Bertz CT molecular complexity index is 710. The summed E-state index contributed by atoms with van der Waals surface area (Å²) < 4.78 is 9.71. The van der Waals surface area contributed by atoms with Crippen LogP contribution in [0, 0.1) is 5.41 Å². The van der Waals surface area contributed by atoms with Gasteiger partial charge in [0.25, 0.3) is 5.91 Å². The van der Waals surface area contributed by atoms with Crippen LogP contribution in [0.4, 0.5) is 0 Å². The van der Waals surface area contributed by atoms with Crippen molar-refractivity contribution in [3.05, 3.63) is 0 Å². The van der Waals surface area contributed by atoms with Crippen molar-refractivity contribution in [1.29, 1.82) is 0 Å². The third-order valence-corrected chi connectivity index (χ3v) is 7.23. The third kappa shape index (κ3) is 4.76. The van der Waals surface area contributed by atoms with Gasteiger partial charge in [-0.2, -0.15) is 0 Å². The molecule has 0 aromatic rings. The van der Waals surface area contributed by atoms with E-state index in [9.17, 15) is 14.4 Å². The van der Waals surface area contributed by atoms with Crippen LogP contribution in [0.15, 0.2) is 4.99 Å². The number of carbonyl (C=O) groups excluding carboxylic acids is 3. The van der Waals surface area contributed by atoms with E-state index in [1.807, 2.05) is 20.2 Å². The molecule has 3 atom stereocenters. The number of nitrogens with zero attached hydrogens (tertiary/aromatic N) is 3. The summed E-state index contributed by atoms with van der Waals surface area (Å²) in [5, 5.41) is -0.176. The number of aliphatic imine (C=N–C) groups is 1. The van der Waals surface area contributed by atoms with Gasteiger partial charge in [-0.05, 0) is 47.5 Å². The highest BCUT2D eigenvalue weighted by Crippen LogP contribution is 2.51. The highest BCUT2D eigenvalue weighted by Gasteiger charge is 2.64. The lowest BCUT2D eigenvalue weighted by atomic mass is 9.96. The predicted molar refractivity (Wildman–Crippen MR) is 115 cm³/mol. The van der Waals surface area contributed by atoms with Crippen LogP contribution in [0.3, 0.4) is 0 Å². The molecule has 0 bridgehead atoms. The molecule has 0 radical (unpaired) electrons. The van der Waals surface area contributed by atoms with Crippen LogP contribution >= 0.6 is 11.8 Å². The van der Waals surface area contributed by atoms with Crippen molar-refractivity contribution >= 4 is 35.9 Å². The molecule has 0 aromatic carbocycles. The molecule has 3 rings (SSSR count). The Hall–Kier alpha value is -1.77. The Morgan fingerprint density at radius 2 is 1.80 bits per heavy atom. The molecule has 0 N–H and O–H groups in total. The standard InChI is InChI=1S/C21H33N3O5S/c1-20(2,3)19(27)29-13-28-18(26)15-21(4,5)30-17-14(16(25)24(15)17)22-12-23-10-8-6-7-9-11-23/h12,14-15,17H,6-11,13H2,1-5H3/b22-12+/t14?,15-,17+/m0/s1. The fraction of sp³-hybridized carbons (Fsp3) is 0.810. The van der Waals surface area contributed by atoms with Crippen LogP contribution in [-0.2, 0) is 23.9 Å². The van der Waals surface area contributed by atoms with E-state index in [-0.39, 0.29) is 11.3 Å². The van der Waals surface area contributed by atoms with Gasteiger partial charge in [-0.15, -0.1) is 11.8 Å². The molecule has 9 heteroatoms. The number of β-lactam (4-membered cyclic amide) rings is 1. The van der Waals surface area contributed by atoms with E-state index in [4.69, 9.17) is 9.47 Å². The van der Waals surface area contributed by atoms with E-state index in [2.05, 4.69) is 9.89 Å². The molecule has 3 fully saturated rings. The van der Waals surface area contributed by atoms with Gasteiger partial charge >= 0.3 is 11.9 Å². The minimum atomic E-state index is -0.724. The molecule has 3 aliphatic rings. The Balaban J connectivity index is 1.58. The van der Waals surface area contributed by atoms with Crippen LogP contribution in [0.5, 0.6) is 0 Å². The number of esters is 2. The quantitative estimate of drug-likeness (QED) is 0.214. The predicted octanol–water partition coefficient (Wildman–Crippen LogP) is 2.41. The first-order valence-electron chi connectivity index (χ1n) is 10.6. The molecule has 0 saturated carbocycles. The molecule has 3 aliphatic heterocycles. The van der Waals surface area contributed by atoms with Crippen molar-refractivity contribution in [1.82, 2.24) is 9.80 Å². The molecular weight excluding hydrogens is 406 g/mol. The number of likely N-dealkylation sites (tertiary alicyclic amines) is 1. The normalized spacial score (nSPS) is 28.7. The second kappa shape index (κ2) is 8.77. The summed E-state index contributed by atoms with van der Waals surface area (Å²) in [5.74, 6) is -1.16. The van der Waals surface area contributed by atoms with E-state index in [1.165, 1.54) is 12.8 Å². The van der Waals surface area contributed by atoms with Gasteiger partial charge in [-0.25, -0.2) is 4.79 Å². The first-order valence-corrected chi connectivity index (χ1v) is 11.5. The average Bonchev–Trinajstić information content (AvgIpc) is 2.80. The summed E-state index contributed by atoms with van der Waals surface area (Å²) in [4.78, 5) is 45.7. The smallest absolute Gasteiger partial charge is 0.333 e. The van der Waals surface area contributed by atoms with E-state index in [0.29, 0.717) is 0 Å². The number of hydrogen-bond acceptors (Lipinski definition) is 7. The zero-order chi connectivity index (χ0) is 22.1. The maximum absolute atomic E-state index is 12.8. The number of rotatable bonds is 5. The SMILES string of the molecule is CC(C)(C)C(=O)OCOC(=O)[C@@H]1N2C(=O)C(/N=C/N3CCCCCC3)[C@H]2SC1(C)C. The molecule has 3 heterocycles. The number of fused-ring (bicyclic) bond motifs is 1. The highest BCUT2D eigenvalue weighted by atomic mass is 32.2. The van der Waals surface area contributed by atoms with Crippen molar-refractivity contribution in [3.63, 3.8) is 0 Å². The van der Waals surface area contributed by atoms with Crippen LogP contribution in [-0.4, -0.2) is 76.1 Å². The number of thioether (sulfide) groups is 1. The van der Waals surface area contributed by atoms with Gasteiger partial charge in [-0.3, -0.25) is 14.6 Å². The summed E-state index contributed by atoms with van der Waals surface area (Å²) in [6.45, 7) is 10.5. The minimum Gasteiger partial charge on any atom is -0.427 e. The summed E-state index contributed by atoms with van der Waals surface area (Å²) in [6, 6.07) is -1.19. The van der Waals surface area contributed by atoms with Crippen LogP contribution in [0.2, 0.25) is 0 Å². The van der Waals surface area contributed by atoms with Gasteiger partial charge in [-0.1, -0.05) is 12.8 Å². The zero-order valence-corrected chi connectivity index (χ0v) is 19.4. The lowest BCUT2D eigenvalue weighted by molar-refractivity contribution is -0.179. The lowest BCUT2D eigenvalue weighted by Crippen LogP contribution is -2.65. The van der Waals surface area contributed by atoms with E-state index >= 15 is 0 Å². The number of hydrogen-bond donors (Lipinski definition) is 0. The molecule has 30 heavy (non-hydrogen) atoms. The second-order valence-corrected chi connectivity index (χ2v) is 11.5. The topological polar surface area (TPSA) is 88.5 Å². The van der Waals surface area contributed by atoms with E-state index in [0.717, 1.165) is 25.9 Å². The van der Waals surface area contributed by atoms with Crippen molar-refractivity contribution in [2.75, 3.05) is 19.9 Å². The summed E-state index contributed by atoms with van der Waals surface area (Å²) >= 11 is 1.56. The maximum atomic E-state index is 12.8. The van der Waals surface area contributed by atoms with Crippen LogP contribution in [0.25, 0.3) is 0 Å². The third-order valence-electron chi connectivity index (χ3n) is 5.67. The summed E-state index contributed by atoms with van der Waals surface area (Å²) in [5.41, 5.74) is -0.675. The van der Waals surface area contributed by atoms with Gasteiger partial charge in [0.1, 0.15) is 11.4 Å². The minimum absolute atomic E-state index is 0.155. The second-order valence-electron chi connectivity index (χ2n) is 9.68. The van der Waals surface area contributed by atoms with Crippen molar-refractivity contribution < 1.29 is 23.9 Å². The first kappa shape index (κ1) is 22.9. The number of carbonyl (C=O) groups is 3. The molecule has 3 saturated heterocycles.